The summed E-state index contributed by atoms with van der Waals surface area (Å²) in [6.07, 6.45) is 1.62. The topological polar surface area (TPSA) is 62.6 Å². The Bertz CT molecular complexity index is 1110. The molecule has 1 aromatic heterocycles. The minimum absolute atomic E-state index is 0.0696. The lowest BCUT2D eigenvalue weighted by Crippen LogP contribution is -2.34. The highest BCUT2D eigenvalue weighted by atomic mass is 16.4. The minimum Gasteiger partial charge on any atom is -0.423 e. The number of likely N-dealkylation sites (N-methyl/N-ethyl adjacent to an activating group) is 1. The molecule has 0 spiro atoms. The lowest BCUT2D eigenvalue weighted by molar-refractivity contribution is -0.121. The van der Waals surface area contributed by atoms with Crippen LogP contribution in [0.3, 0.4) is 0 Å². The molecule has 3 rings (SSSR count). The first-order valence-corrected chi connectivity index (χ1v) is 10.8. The zero-order valence-electron chi connectivity index (χ0n) is 19.1. The quantitative estimate of drug-likeness (QED) is 0.551. The maximum Gasteiger partial charge on any atom is 0.339 e. The largest absolute Gasteiger partial charge is 0.423 e. The first-order chi connectivity index (χ1) is 14.8. The Hall–Kier alpha value is -2.92. The van der Waals surface area contributed by atoms with Gasteiger partial charge >= 0.3 is 5.63 Å². The van der Waals surface area contributed by atoms with Crippen molar-refractivity contribution >= 4 is 16.9 Å². The number of carbonyl (C=O) groups is 1. The van der Waals surface area contributed by atoms with Crippen molar-refractivity contribution in [1.82, 2.24) is 10.2 Å². The lowest BCUT2D eigenvalue weighted by Gasteiger charge is -2.25. The van der Waals surface area contributed by atoms with Gasteiger partial charge in [0.15, 0.2) is 0 Å². The predicted molar refractivity (Wildman–Crippen MR) is 126 cm³/mol. The number of carbonyl (C=O) groups excluding carboxylic acids is 1. The Balaban J connectivity index is 1.65. The highest BCUT2D eigenvalue weighted by molar-refractivity contribution is 5.82. The average Bonchev–Trinajstić information content (AvgIpc) is 2.73. The van der Waals surface area contributed by atoms with E-state index in [1.807, 2.05) is 46.1 Å². The van der Waals surface area contributed by atoms with E-state index < -0.39 is 0 Å². The molecule has 0 fully saturated rings. The van der Waals surface area contributed by atoms with Crippen molar-refractivity contribution in [3.8, 4) is 0 Å². The summed E-state index contributed by atoms with van der Waals surface area (Å²) in [6.45, 7) is 6.54. The van der Waals surface area contributed by atoms with Crippen LogP contribution in [0.1, 0.15) is 47.2 Å². The van der Waals surface area contributed by atoms with Gasteiger partial charge in [-0.05, 0) is 69.1 Å². The first-order valence-electron chi connectivity index (χ1n) is 10.8. The van der Waals surface area contributed by atoms with Gasteiger partial charge in [-0.3, -0.25) is 4.79 Å². The van der Waals surface area contributed by atoms with Crippen molar-refractivity contribution in [1.29, 1.82) is 0 Å². The third-order valence-electron chi connectivity index (χ3n) is 5.93. The number of aryl methyl sites for hydroxylation is 3. The summed E-state index contributed by atoms with van der Waals surface area (Å²) in [4.78, 5) is 27.1. The third kappa shape index (κ3) is 5.42. The number of rotatable bonds is 8. The second-order valence-corrected chi connectivity index (χ2v) is 8.37. The molecule has 0 aliphatic heterocycles. The molecule has 1 atom stereocenters. The molecule has 2 aromatic carbocycles. The second-order valence-electron chi connectivity index (χ2n) is 8.37. The van der Waals surface area contributed by atoms with Gasteiger partial charge in [0, 0.05) is 23.9 Å². The number of hydrogen-bond donors (Lipinski definition) is 1. The third-order valence-corrected chi connectivity index (χ3v) is 5.93. The van der Waals surface area contributed by atoms with E-state index in [2.05, 4.69) is 41.4 Å². The monoisotopic (exact) mass is 420 g/mol. The summed E-state index contributed by atoms with van der Waals surface area (Å²) < 4.78 is 5.50. The van der Waals surface area contributed by atoms with Gasteiger partial charge in [-0.25, -0.2) is 4.79 Å². The molecule has 0 radical (unpaired) electrons. The van der Waals surface area contributed by atoms with Crippen molar-refractivity contribution < 1.29 is 9.21 Å². The standard InChI is InChI=1S/C26H32N2O3/c1-6-19-8-10-20(11-9-19)23(28(4)5)16-27-25(29)14-13-22-18(3)21-12-7-17(2)15-24(21)31-26(22)30/h7-12,15,23H,6,13-14,16H2,1-5H3,(H,27,29)/t23-/m1/s1. The Kier molecular flexibility index (Phi) is 7.29. The smallest absolute Gasteiger partial charge is 0.339 e. The van der Waals surface area contributed by atoms with Gasteiger partial charge in [-0.15, -0.1) is 0 Å². The summed E-state index contributed by atoms with van der Waals surface area (Å²) in [5.74, 6) is -0.0696. The molecular formula is C26H32N2O3. The molecule has 1 amide bonds. The number of nitrogens with zero attached hydrogens (tertiary/aromatic N) is 1. The van der Waals surface area contributed by atoms with Crippen LogP contribution in [0.4, 0.5) is 0 Å². The molecule has 0 saturated heterocycles. The molecule has 1 N–H and O–H groups in total. The zero-order valence-corrected chi connectivity index (χ0v) is 19.1. The number of fused-ring (bicyclic) bond motifs is 1. The normalized spacial score (nSPS) is 12.3. The van der Waals surface area contributed by atoms with Crippen LogP contribution in [0.25, 0.3) is 11.0 Å². The van der Waals surface area contributed by atoms with Crippen LogP contribution in [0.2, 0.25) is 0 Å². The van der Waals surface area contributed by atoms with Crippen LogP contribution in [0, 0.1) is 13.8 Å². The van der Waals surface area contributed by atoms with Crippen molar-refractivity contribution in [2.75, 3.05) is 20.6 Å². The van der Waals surface area contributed by atoms with E-state index in [9.17, 15) is 9.59 Å². The summed E-state index contributed by atoms with van der Waals surface area (Å²) in [7, 11) is 4.02. The number of hydrogen-bond acceptors (Lipinski definition) is 4. The van der Waals surface area contributed by atoms with Gasteiger partial charge in [0.25, 0.3) is 0 Å². The van der Waals surface area contributed by atoms with Crippen molar-refractivity contribution in [3.63, 3.8) is 0 Å². The average molecular weight is 421 g/mol. The summed E-state index contributed by atoms with van der Waals surface area (Å²) in [5.41, 5.74) is 5.21. The Labute approximate surface area is 184 Å². The van der Waals surface area contributed by atoms with E-state index >= 15 is 0 Å². The van der Waals surface area contributed by atoms with E-state index in [1.54, 1.807) is 0 Å². The fraction of sp³-hybridized carbons (Fsp3) is 0.385. The number of benzene rings is 2. The Morgan fingerprint density at radius 2 is 1.81 bits per heavy atom. The van der Waals surface area contributed by atoms with Crippen LogP contribution >= 0.6 is 0 Å². The van der Waals surface area contributed by atoms with Crippen LogP contribution in [0.15, 0.2) is 51.7 Å². The van der Waals surface area contributed by atoms with Crippen molar-refractivity contribution in [2.45, 2.75) is 46.1 Å². The van der Waals surface area contributed by atoms with Gasteiger partial charge in [0.05, 0.1) is 6.04 Å². The summed E-state index contributed by atoms with van der Waals surface area (Å²) >= 11 is 0. The minimum atomic E-state index is -0.356. The Morgan fingerprint density at radius 3 is 2.45 bits per heavy atom. The van der Waals surface area contributed by atoms with Gasteiger partial charge < -0.3 is 14.6 Å². The maximum atomic E-state index is 12.5. The number of nitrogens with one attached hydrogen (secondary N) is 1. The van der Waals surface area contributed by atoms with Crippen LogP contribution in [-0.4, -0.2) is 31.4 Å². The van der Waals surface area contributed by atoms with Crippen LogP contribution < -0.4 is 10.9 Å². The summed E-state index contributed by atoms with van der Waals surface area (Å²) in [5, 5.41) is 3.95. The highest BCUT2D eigenvalue weighted by Gasteiger charge is 2.17. The van der Waals surface area contributed by atoms with Gasteiger partial charge in [0.2, 0.25) is 5.91 Å². The molecule has 31 heavy (non-hydrogen) atoms. The molecule has 0 aliphatic carbocycles. The molecule has 1 heterocycles. The predicted octanol–water partition coefficient (Wildman–Crippen LogP) is 4.32. The first kappa shape index (κ1) is 22.8. The van der Waals surface area contributed by atoms with E-state index in [0.717, 1.165) is 22.9 Å². The molecule has 0 saturated carbocycles. The molecule has 0 aliphatic rings. The molecule has 164 valence electrons. The van der Waals surface area contributed by atoms with E-state index in [1.165, 1.54) is 11.1 Å². The second kappa shape index (κ2) is 9.92. The van der Waals surface area contributed by atoms with Crippen LogP contribution in [-0.2, 0) is 17.6 Å². The summed E-state index contributed by atoms with van der Waals surface area (Å²) in [6, 6.07) is 14.5. The molecule has 3 aromatic rings. The molecule has 5 heteroatoms. The van der Waals surface area contributed by atoms with Gasteiger partial charge in [0.1, 0.15) is 5.58 Å². The van der Waals surface area contributed by atoms with Crippen LogP contribution in [0.5, 0.6) is 0 Å². The van der Waals surface area contributed by atoms with Gasteiger partial charge in [-0.1, -0.05) is 43.3 Å². The van der Waals surface area contributed by atoms with E-state index in [4.69, 9.17) is 4.42 Å². The fourth-order valence-corrected chi connectivity index (χ4v) is 3.90. The fourth-order valence-electron chi connectivity index (χ4n) is 3.90. The zero-order chi connectivity index (χ0) is 22.5. The Morgan fingerprint density at radius 1 is 1.10 bits per heavy atom. The van der Waals surface area contributed by atoms with E-state index in [0.29, 0.717) is 24.1 Å². The molecular weight excluding hydrogens is 388 g/mol. The molecule has 0 unspecified atom stereocenters. The van der Waals surface area contributed by atoms with Crippen molar-refractivity contribution in [3.05, 3.63) is 80.7 Å². The maximum absolute atomic E-state index is 12.5. The van der Waals surface area contributed by atoms with Gasteiger partial charge in [-0.2, -0.15) is 0 Å². The number of amides is 1. The highest BCUT2D eigenvalue weighted by Crippen LogP contribution is 2.22. The lowest BCUT2D eigenvalue weighted by atomic mass is 10.0. The van der Waals surface area contributed by atoms with E-state index in [-0.39, 0.29) is 24.0 Å². The van der Waals surface area contributed by atoms with Crippen molar-refractivity contribution in [2.24, 2.45) is 0 Å². The molecule has 5 nitrogen and oxygen atoms in total. The SMILES string of the molecule is CCc1ccc([C@@H](CNC(=O)CCc2c(C)c3ccc(C)cc3oc2=O)N(C)C)cc1. The molecule has 0 bridgehead atoms.